The number of likely N-dealkylation sites (tertiary alicyclic amines) is 1. The molecule has 0 radical (unpaired) electrons. The first-order chi connectivity index (χ1) is 8.28. The number of aromatic nitrogens is 1. The zero-order valence-electron chi connectivity index (χ0n) is 10.7. The van der Waals surface area contributed by atoms with Crippen LogP contribution in [-0.2, 0) is 0 Å². The summed E-state index contributed by atoms with van der Waals surface area (Å²) in [6.45, 7) is 5.33. The molecule has 4 heteroatoms. The Morgan fingerprint density at radius 1 is 1.29 bits per heavy atom. The van der Waals surface area contributed by atoms with E-state index in [0.29, 0.717) is 6.04 Å². The number of rotatable bonds is 4. The maximum Gasteiger partial charge on any atom is 0.128 e. The van der Waals surface area contributed by atoms with Crippen molar-refractivity contribution in [3.05, 3.63) is 18.2 Å². The molecule has 1 aromatic rings. The molecule has 1 aromatic heterocycles. The number of hydrogen-bond donors (Lipinski definition) is 2. The van der Waals surface area contributed by atoms with Crippen LogP contribution in [0, 0.1) is 0 Å². The van der Waals surface area contributed by atoms with Crippen molar-refractivity contribution in [1.29, 1.82) is 0 Å². The Hall–Kier alpha value is -1.29. The number of pyridine rings is 1. The van der Waals surface area contributed by atoms with E-state index in [4.69, 9.17) is 0 Å². The average molecular weight is 234 g/mol. The second-order valence-corrected chi connectivity index (χ2v) is 4.66. The summed E-state index contributed by atoms with van der Waals surface area (Å²) in [6, 6.07) is 6.65. The number of piperidine rings is 1. The number of anilines is 2. The second-order valence-electron chi connectivity index (χ2n) is 4.66. The highest BCUT2D eigenvalue weighted by atomic mass is 15.1. The maximum atomic E-state index is 4.54. The van der Waals surface area contributed by atoms with Gasteiger partial charge in [-0.1, -0.05) is 6.07 Å². The molecule has 0 aliphatic carbocycles. The smallest absolute Gasteiger partial charge is 0.128 e. The number of nitrogens with zero attached hydrogens (tertiary/aromatic N) is 2. The zero-order valence-corrected chi connectivity index (χ0v) is 10.7. The van der Waals surface area contributed by atoms with Crippen molar-refractivity contribution in [3.63, 3.8) is 0 Å². The first-order valence-electron chi connectivity index (χ1n) is 6.44. The van der Waals surface area contributed by atoms with E-state index < -0.39 is 0 Å². The van der Waals surface area contributed by atoms with Gasteiger partial charge in [-0.25, -0.2) is 4.98 Å². The molecule has 2 rings (SSSR count). The molecule has 0 saturated carbocycles. The van der Waals surface area contributed by atoms with Crippen molar-refractivity contribution in [2.75, 3.05) is 37.3 Å². The van der Waals surface area contributed by atoms with Gasteiger partial charge in [-0.15, -0.1) is 0 Å². The Labute approximate surface area is 103 Å². The van der Waals surface area contributed by atoms with E-state index in [9.17, 15) is 0 Å². The summed E-state index contributed by atoms with van der Waals surface area (Å²) >= 11 is 0. The topological polar surface area (TPSA) is 40.2 Å². The predicted octanol–water partition coefficient (Wildman–Crippen LogP) is 2.02. The molecule has 4 nitrogen and oxygen atoms in total. The molecule has 94 valence electrons. The van der Waals surface area contributed by atoms with E-state index in [1.807, 2.05) is 18.2 Å². The normalized spacial score (nSPS) is 18.0. The lowest BCUT2D eigenvalue weighted by molar-refractivity contribution is 0.263. The van der Waals surface area contributed by atoms with Crippen molar-refractivity contribution in [2.24, 2.45) is 0 Å². The number of hydrogen-bond acceptors (Lipinski definition) is 4. The van der Waals surface area contributed by atoms with Crippen molar-refractivity contribution in [2.45, 2.75) is 25.8 Å². The van der Waals surface area contributed by atoms with E-state index in [1.54, 1.807) is 0 Å². The summed E-state index contributed by atoms with van der Waals surface area (Å²) in [5.74, 6) is 1.93. The van der Waals surface area contributed by atoms with Crippen molar-refractivity contribution in [1.82, 2.24) is 9.88 Å². The van der Waals surface area contributed by atoms with Crippen LogP contribution in [0.3, 0.4) is 0 Å². The van der Waals surface area contributed by atoms with Gasteiger partial charge < -0.3 is 15.5 Å². The monoisotopic (exact) mass is 234 g/mol. The molecule has 0 amide bonds. The third kappa shape index (κ3) is 3.60. The van der Waals surface area contributed by atoms with E-state index in [1.165, 1.54) is 25.9 Å². The SMILES string of the molecule is CCNc1cccc(NC2CCN(C)CC2)n1. The minimum Gasteiger partial charge on any atom is -0.370 e. The Bertz CT molecular complexity index is 345. The average Bonchev–Trinajstić information content (AvgIpc) is 2.33. The molecular weight excluding hydrogens is 212 g/mol. The van der Waals surface area contributed by atoms with Crippen LogP contribution in [0.5, 0.6) is 0 Å². The van der Waals surface area contributed by atoms with Crippen LogP contribution in [0.1, 0.15) is 19.8 Å². The van der Waals surface area contributed by atoms with Gasteiger partial charge in [0.15, 0.2) is 0 Å². The predicted molar refractivity (Wildman–Crippen MR) is 72.5 cm³/mol. The van der Waals surface area contributed by atoms with E-state index >= 15 is 0 Å². The quantitative estimate of drug-likeness (QED) is 0.836. The largest absolute Gasteiger partial charge is 0.370 e. The Morgan fingerprint density at radius 3 is 2.71 bits per heavy atom. The molecule has 1 saturated heterocycles. The summed E-state index contributed by atoms with van der Waals surface area (Å²) in [5.41, 5.74) is 0. The first kappa shape index (κ1) is 12.2. The molecular formula is C13H22N4. The van der Waals surface area contributed by atoms with Crippen LogP contribution in [0.4, 0.5) is 11.6 Å². The summed E-state index contributed by atoms with van der Waals surface area (Å²) in [7, 11) is 2.18. The molecule has 0 bridgehead atoms. The molecule has 1 fully saturated rings. The van der Waals surface area contributed by atoms with Crippen molar-refractivity contribution in [3.8, 4) is 0 Å². The van der Waals surface area contributed by atoms with Gasteiger partial charge in [0.2, 0.25) is 0 Å². The summed E-state index contributed by atoms with van der Waals surface area (Å²) in [6.07, 6.45) is 2.40. The summed E-state index contributed by atoms with van der Waals surface area (Å²) in [4.78, 5) is 6.92. The molecule has 0 unspecified atom stereocenters. The fourth-order valence-electron chi connectivity index (χ4n) is 2.16. The lowest BCUT2D eigenvalue weighted by Crippen LogP contribution is -2.36. The van der Waals surface area contributed by atoms with E-state index in [-0.39, 0.29) is 0 Å². The lowest BCUT2D eigenvalue weighted by Gasteiger charge is -2.29. The van der Waals surface area contributed by atoms with Crippen molar-refractivity contribution < 1.29 is 0 Å². The van der Waals surface area contributed by atoms with E-state index in [0.717, 1.165) is 18.2 Å². The molecule has 17 heavy (non-hydrogen) atoms. The van der Waals surface area contributed by atoms with E-state index in [2.05, 4.69) is 34.5 Å². The minimum absolute atomic E-state index is 0.565. The van der Waals surface area contributed by atoms with Gasteiger partial charge >= 0.3 is 0 Å². The third-order valence-electron chi connectivity index (χ3n) is 3.18. The van der Waals surface area contributed by atoms with Crippen LogP contribution in [0.25, 0.3) is 0 Å². The second kappa shape index (κ2) is 5.87. The van der Waals surface area contributed by atoms with Crippen LogP contribution >= 0.6 is 0 Å². The molecule has 1 aliphatic heterocycles. The highest BCUT2D eigenvalue weighted by Gasteiger charge is 2.16. The molecule has 1 aliphatic rings. The van der Waals surface area contributed by atoms with Crippen LogP contribution in [0.2, 0.25) is 0 Å². The van der Waals surface area contributed by atoms with Crippen molar-refractivity contribution >= 4 is 11.6 Å². The standard InChI is InChI=1S/C13H22N4/c1-3-14-12-5-4-6-13(16-12)15-11-7-9-17(2)10-8-11/h4-6,11H,3,7-10H2,1-2H3,(H2,14,15,16). The summed E-state index contributed by atoms with van der Waals surface area (Å²) in [5, 5.41) is 6.76. The van der Waals surface area contributed by atoms with Gasteiger partial charge in [0.1, 0.15) is 11.6 Å². The molecule has 0 aromatic carbocycles. The van der Waals surface area contributed by atoms with Crippen LogP contribution in [0.15, 0.2) is 18.2 Å². The Morgan fingerprint density at radius 2 is 2.00 bits per heavy atom. The molecule has 2 N–H and O–H groups in total. The maximum absolute atomic E-state index is 4.54. The number of nitrogens with one attached hydrogen (secondary N) is 2. The lowest BCUT2D eigenvalue weighted by atomic mass is 10.1. The van der Waals surface area contributed by atoms with Gasteiger partial charge in [-0.05, 0) is 52.0 Å². The zero-order chi connectivity index (χ0) is 12.1. The van der Waals surface area contributed by atoms with Crippen LogP contribution < -0.4 is 10.6 Å². The third-order valence-corrected chi connectivity index (χ3v) is 3.18. The summed E-state index contributed by atoms with van der Waals surface area (Å²) < 4.78 is 0. The highest BCUT2D eigenvalue weighted by molar-refractivity contribution is 5.45. The molecule has 2 heterocycles. The molecule has 0 spiro atoms. The fourth-order valence-corrected chi connectivity index (χ4v) is 2.16. The molecule has 0 atom stereocenters. The van der Waals surface area contributed by atoms with Crippen LogP contribution in [-0.4, -0.2) is 42.6 Å². The van der Waals surface area contributed by atoms with Gasteiger partial charge in [-0.2, -0.15) is 0 Å². The highest BCUT2D eigenvalue weighted by Crippen LogP contribution is 2.15. The Balaban J connectivity index is 1.91. The van der Waals surface area contributed by atoms with Gasteiger partial charge in [-0.3, -0.25) is 0 Å². The van der Waals surface area contributed by atoms with Gasteiger partial charge in [0, 0.05) is 12.6 Å². The van der Waals surface area contributed by atoms with Gasteiger partial charge in [0.05, 0.1) is 0 Å². The fraction of sp³-hybridized carbons (Fsp3) is 0.615. The van der Waals surface area contributed by atoms with Gasteiger partial charge in [0.25, 0.3) is 0 Å². The minimum atomic E-state index is 0.565. The first-order valence-corrected chi connectivity index (χ1v) is 6.44. The Kier molecular flexibility index (Phi) is 4.20.